The van der Waals surface area contributed by atoms with Gasteiger partial charge in [-0.05, 0) is 31.4 Å². The Morgan fingerprint density at radius 1 is 1.47 bits per heavy atom. The van der Waals surface area contributed by atoms with Crippen LogP contribution in [0.5, 0.6) is 0 Å². The van der Waals surface area contributed by atoms with Gasteiger partial charge < -0.3 is 10.4 Å². The fourth-order valence-electron chi connectivity index (χ4n) is 1.73. The minimum atomic E-state index is -1.11. The Bertz CT molecular complexity index is 404. The van der Waals surface area contributed by atoms with E-state index in [0.29, 0.717) is 18.3 Å². The van der Waals surface area contributed by atoms with E-state index in [1.54, 1.807) is 0 Å². The molecule has 0 spiro atoms. The minimum absolute atomic E-state index is 0.310. The van der Waals surface area contributed by atoms with Gasteiger partial charge in [0.1, 0.15) is 0 Å². The van der Waals surface area contributed by atoms with Crippen molar-refractivity contribution >= 4 is 10.8 Å². The molecule has 3 nitrogen and oxygen atoms in total. The molecule has 1 fully saturated rings. The van der Waals surface area contributed by atoms with Gasteiger partial charge in [0.05, 0.1) is 22.7 Å². The predicted molar refractivity (Wildman–Crippen MR) is 69.5 cm³/mol. The Kier molecular flexibility index (Phi) is 4.31. The van der Waals surface area contributed by atoms with Crippen molar-refractivity contribution in [2.45, 2.75) is 36.8 Å². The van der Waals surface area contributed by atoms with Crippen molar-refractivity contribution < 1.29 is 9.32 Å². The van der Waals surface area contributed by atoms with Gasteiger partial charge in [0.15, 0.2) is 0 Å². The van der Waals surface area contributed by atoms with E-state index in [-0.39, 0.29) is 0 Å². The second kappa shape index (κ2) is 5.76. The zero-order valence-electron chi connectivity index (χ0n) is 10.1. The third-order valence-corrected chi connectivity index (χ3v) is 4.54. The third-order valence-electron chi connectivity index (χ3n) is 2.90. The molecule has 17 heavy (non-hydrogen) atoms. The van der Waals surface area contributed by atoms with Crippen molar-refractivity contribution in [2.24, 2.45) is 0 Å². The van der Waals surface area contributed by atoms with E-state index in [1.165, 1.54) is 12.8 Å². The lowest BCUT2D eigenvalue weighted by atomic mass is 10.2. The van der Waals surface area contributed by atoms with Crippen LogP contribution in [0.25, 0.3) is 0 Å². The maximum Gasteiger partial charge on any atom is 0.0783 e. The van der Waals surface area contributed by atoms with E-state index in [2.05, 4.69) is 5.32 Å². The molecule has 4 heteroatoms. The first kappa shape index (κ1) is 12.7. The fourth-order valence-corrected chi connectivity index (χ4v) is 3.03. The average molecular weight is 253 g/mol. The highest BCUT2D eigenvalue weighted by atomic mass is 32.2. The van der Waals surface area contributed by atoms with Crippen LogP contribution in [0.1, 0.15) is 18.4 Å². The van der Waals surface area contributed by atoms with Crippen LogP contribution in [-0.2, 0) is 10.8 Å². The molecule has 0 saturated heterocycles. The summed E-state index contributed by atoms with van der Waals surface area (Å²) in [6.07, 6.45) is 1.87. The normalized spacial score (nSPS) is 18.9. The van der Waals surface area contributed by atoms with Gasteiger partial charge in [-0.3, -0.25) is 4.21 Å². The van der Waals surface area contributed by atoms with Gasteiger partial charge >= 0.3 is 0 Å². The number of hydrogen-bond donors (Lipinski definition) is 2. The summed E-state index contributed by atoms with van der Waals surface area (Å²) in [6.45, 7) is 2.49. The number of aliphatic hydroxyl groups excluding tert-OH is 1. The molecule has 1 aromatic rings. The zero-order valence-corrected chi connectivity index (χ0v) is 10.9. The fraction of sp³-hybridized carbons (Fsp3) is 0.538. The standard InChI is InChI=1S/C13H19NO2S/c1-10-4-2-3-5-13(10)17(16)9-12(15)8-14-11-6-7-11/h2-5,11-12,14-15H,6-9H2,1H3. The molecule has 0 radical (unpaired) electrons. The van der Waals surface area contributed by atoms with Crippen molar-refractivity contribution in [3.63, 3.8) is 0 Å². The highest BCUT2D eigenvalue weighted by Gasteiger charge is 2.22. The molecular weight excluding hydrogens is 234 g/mol. The molecule has 1 aliphatic carbocycles. The lowest BCUT2D eigenvalue weighted by molar-refractivity contribution is 0.194. The van der Waals surface area contributed by atoms with Crippen LogP contribution in [-0.4, -0.2) is 33.8 Å². The quantitative estimate of drug-likeness (QED) is 0.801. The molecule has 0 aliphatic heterocycles. The van der Waals surface area contributed by atoms with E-state index in [9.17, 15) is 9.32 Å². The molecule has 2 atom stereocenters. The Balaban J connectivity index is 1.85. The second-order valence-electron chi connectivity index (χ2n) is 4.61. The molecule has 1 saturated carbocycles. The molecule has 0 aromatic heterocycles. The van der Waals surface area contributed by atoms with Crippen LogP contribution < -0.4 is 5.32 Å². The molecule has 0 bridgehead atoms. The molecule has 1 aromatic carbocycles. The van der Waals surface area contributed by atoms with Crippen molar-refractivity contribution in [3.8, 4) is 0 Å². The molecule has 2 unspecified atom stereocenters. The SMILES string of the molecule is Cc1ccccc1S(=O)CC(O)CNC1CC1. The lowest BCUT2D eigenvalue weighted by Gasteiger charge is -2.12. The monoisotopic (exact) mass is 253 g/mol. The Labute approximate surface area is 105 Å². The molecule has 1 aliphatic rings. The van der Waals surface area contributed by atoms with Crippen molar-refractivity contribution in [2.75, 3.05) is 12.3 Å². The van der Waals surface area contributed by atoms with Crippen LogP contribution in [0.3, 0.4) is 0 Å². The van der Waals surface area contributed by atoms with Crippen molar-refractivity contribution in [1.82, 2.24) is 5.32 Å². The van der Waals surface area contributed by atoms with Gasteiger partial charge in [0, 0.05) is 17.5 Å². The van der Waals surface area contributed by atoms with Crippen LogP contribution in [0, 0.1) is 6.92 Å². The summed E-state index contributed by atoms with van der Waals surface area (Å²) in [5, 5.41) is 13.0. The topological polar surface area (TPSA) is 49.3 Å². The first-order valence-electron chi connectivity index (χ1n) is 6.02. The molecular formula is C13H19NO2S. The summed E-state index contributed by atoms with van der Waals surface area (Å²) in [7, 11) is -1.11. The average Bonchev–Trinajstić information content (AvgIpc) is 3.10. The van der Waals surface area contributed by atoms with Crippen LogP contribution in [0.2, 0.25) is 0 Å². The van der Waals surface area contributed by atoms with Gasteiger partial charge in [-0.2, -0.15) is 0 Å². The number of aliphatic hydroxyl groups is 1. The van der Waals surface area contributed by atoms with E-state index in [0.717, 1.165) is 10.5 Å². The van der Waals surface area contributed by atoms with Crippen LogP contribution >= 0.6 is 0 Å². The smallest absolute Gasteiger partial charge is 0.0783 e. The number of hydrogen-bond acceptors (Lipinski definition) is 3. The van der Waals surface area contributed by atoms with Crippen molar-refractivity contribution in [1.29, 1.82) is 0 Å². The van der Waals surface area contributed by atoms with Crippen LogP contribution in [0.4, 0.5) is 0 Å². The van der Waals surface area contributed by atoms with Gasteiger partial charge in [-0.1, -0.05) is 18.2 Å². The third kappa shape index (κ3) is 3.91. The lowest BCUT2D eigenvalue weighted by Crippen LogP contribution is -2.32. The summed E-state index contributed by atoms with van der Waals surface area (Å²) in [5.74, 6) is 0.310. The van der Waals surface area contributed by atoms with Gasteiger partial charge in [-0.15, -0.1) is 0 Å². The van der Waals surface area contributed by atoms with Crippen molar-refractivity contribution in [3.05, 3.63) is 29.8 Å². The predicted octanol–water partition coefficient (Wildman–Crippen LogP) is 1.22. The van der Waals surface area contributed by atoms with Crippen LogP contribution in [0.15, 0.2) is 29.2 Å². The number of rotatable bonds is 6. The molecule has 0 heterocycles. The second-order valence-corrected chi connectivity index (χ2v) is 6.08. The Hall–Kier alpha value is -0.710. The first-order valence-corrected chi connectivity index (χ1v) is 7.34. The number of nitrogens with one attached hydrogen (secondary N) is 1. The van der Waals surface area contributed by atoms with Gasteiger partial charge in [-0.25, -0.2) is 0 Å². The molecule has 94 valence electrons. The molecule has 0 amide bonds. The van der Waals surface area contributed by atoms with E-state index in [4.69, 9.17) is 0 Å². The summed E-state index contributed by atoms with van der Waals surface area (Å²) < 4.78 is 12.1. The summed E-state index contributed by atoms with van der Waals surface area (Å²) in [6, 6.07) is 8.21. The number of benzene rings is 1. The summed E-state index contributed by atoms with van der Waals surface area (Å²) in [4.78, 5) is 0.831. The Morgan fingerprint density at radius 3 is 2.82 bits per heavy atom. The largest absolute Gasteiger partial charge is 0.391 e. The Morgan fingerprint density at radius 2 is 2.18 bits per heavy atom. The van der Waals surface area contributed by atoms with E-state index in [1.807, 2.05) is 31.2 Å². The zero-order chi connectivity index (χ0) is 12.3. The van der Waals surface area contributed by atoms with E-state index < -0.39 is 16.9 Å². The molecule has 2 rings (SSSR count). The highest BCUT2D eigenvalue weighted by molar-refractivity contribution is 7.85. The summed E-state index contributed by atoms with van der Waals surface area (Å²) in [5.41, 5.74) is 1.02. The maximum absolute atomic E-state index is 12.1. The summed E-state index contributed by atoms with van der Waals surface area (Å²) >= 11 is 0. The van der Waals surface area contributed by atoms with Gasteiger partial charge in [0.2, 0.25) is 0 Å². The molecule has 2 N–H and O–H groups in total. The highest BCUT2D eigenvalue weighted by Crippen LogP contribution is 2.18. The first-order chi connectivity index (χ1) is 8.16. The van der Waals surface area contributed by atoms with Gasteiger partial charge in [0.25, 0.3) is 0 Å². The minimum Gasteiger partial charge on any atom is -0.391 e. The van der Waals surface area contributed by atoms with E-state index >= 15 is 0 Å². The number of aryl methyl sites for hydroxylation is 1. The maximum atomic E-state index is 12.1.